The fourth-order valence-electron chi connectivity index (χ4n) is 2.53. The van der Waals surface area contributed by atoms with Crippen molar-refractivity contribution in [1.29, 1.82) is 0 Å². The Hall–Kier alpha value is -1.16. The molecule has 0 saturated heterocycles. The van der Waals surface area contributed by atoms with Crippen molar-refractivity contribution in [1.82, 2.24) is 14.5 Å². The second-order valence-corrected chi connectivity index (χ2v) is 5.01. The van der Waals surface area contributed by atoms with Crippen LogP contribution < -0.4 is 0 Å². The van der Waals surface area contributed by atoms with Crippen molar-refractivity contribution in [2.24, 2.45) is 0 Å². The summed E-state index contributed by atoms with van der Waals surface area (Å²) in [4.78, 5) is 18.1. The van der Waals surface area contributed by atoms with E-state index in [0.29, 0.717) is 6.42 Å². The van der Waals surface area contributed by atoms with E-state index in [1.165, 1.54) is 5.69 Å². The summed E-state index contributed by atoms with van der Waals surface area (Å²) in [6.45, 7) is 6.81. The molecule has 1 aliphatic heterocycles. The van der Waals surface area contributed by atoms with Gasteiger partial charge in [-0.3, -0.25) is 4.90 Å². The first-order valence-corrected chi connectivity index (χ1v) is 6.34. The average molecular weight is 235 g/mol. The molecule has 17 heavy (non-hydrogen) atoms. The van der Waals surface area contributed by atoms with Gasteiger partial charge in [-0.15, -0.1) is 0 Å². The largest absolute Gasteiger partial charge is 0.329 e. The summed E-state index contributed by atoms with van der Waals surface area (Å²) < 4.78 is 2.30. The highest BCUT2D eigenvalue weighted by Crippen LogP contribution is 2.25. The Morgan fingerprint density at radius 1 is 1.53 bits per heavy atom. The number of fused-ring (bicyclic) bond motifs is 1. The normalized spacial score (nSPS) is 17.8. The number of likely N-dealkylation sites (N-methyl/N-ethyl adjacent to an activating group) is 1. The maximum absolute atomic E-state index is 11.3. The summed E-state index contributed by atoms with van der Waals surface area (Å²) in [7, 11) is 2.13. The highest BCUT2D eigenvalue weighted by atomic mass is 16.1. The standard InChI is InChI=1S/C13H21N3O/c1-4-11(7-10(2)17)13-14-8-12-9-15(3)5-6-16(12)13/h8,11H,4-7,9H2,1-3H3. The quantitative estimate of drug-likeness (QED) is 0.798. The first kappa shape index (κ1) is 12.3. The lowest BCUT2D eigenvalue weighted by Crippen LogP contribution is -2.31. The number of nitrogens with zero attached hydrogens (tertiary/aromatic N) is 3. The molecule has 0 N–H and O–H groups in total. The van der Waals surface area contributed by atoms with Crippen LogP contribution in [0.5, 0.6) is 0 Å². The zero-order valence-corrected chi connectivity index (χ0v) is 10.9. The Kier molecular flexibility index (Phi) is 3.62. The number of hydrogen-bond acceptors (Lipinski definition) is 3. The third kappa shape index (κ3) is 2.57. The fourth-order valence-corrected chi connectivity index (χ4v) is 2.53. The Balaban J connectivity index is 2.23. The maximum atomic E-state index is 11.3. The van der Waals surface area contributed by atoms with Crippen molar-refractivity contribution in [3.05, 3.63) is 17.7 Å². The topological polar surface area (TPSA) is 38.1 Å². The van der Waals surface area contributed by atoms with E-state index < -0.39 is 0 Å². The summed E-state index contributed by atoms with van der Waals surface area (Å²) in [6.07, 6.45) is 3.56. The van der Waals surface area contributed by atoms with Crippen molar-refractivity contribution < 1.29 is 4.79 Å². The molecular weight excluding hydrogens is 214 g/mol. The van der Waals surface area contributed by atoms with Gasteiger partial charge in [-0.25, -0.2) is 4.98 Å². The van der Waals surface area contributed by atoms with Crippen molar-refractivity contribution in [3.8, 4) is 0 Å². The summed E-state index contributed by atoms with van der Waals surface area (Å²) in [5, 5.41) is 0. The first-order chi connectivity index (χ1) is 8.11. The lowest BCUT2D eigenvalue weighted by atomic mass is 9.99. The lowest BCUT2D eigenvalue weighted by Gasteiger charge is -2.26. The minimum atomic E-state index is 0.252. The van der Waals surface area contributed by atoms with E-state index in [9.17, 15) is 4.79 Å². The molecule has 2 rings (SSSR count). The molecule has 0 radical (unpaired) electrons. The van der Waals surface area contributed by atoms with Gasteiger partial charge in [0.05, 0.1) is 5.69 Å². The molecule has 1 atom stereocenters. The van der Waals surface area contributed by atoms with Crippen LogP contribution in [0.4, 0.5) is 0 Å². The molecule has 0 spiro atoms. The molecule has 4 nitrogen and oxygen atoms in total. The highest BCUT2D eigenvalue weighted by Gasteiger charge is 2.22. The summed E-state index contributed by atoms with van der Waals surface area (Å²) in [5.74, 6) is 1.64. The van der Waals surface area contributed by atoms with E-state index in [1.54, 1.807) is 6.92 Å². The second-order valence-electron chi connectivity index (χ2n) is 5.01. The fraction of sp³-hybridized carbons (Fsp3) is 0.692. The molecule has 0 aliphatic carbocycles. The van der Waals surface area contributed by atoms with Gasteiger partial charge >= 0.3 is 0 Å². The summed E-state index contributed by atoms with van der Waals surface area (Å²) in [5.41, 5.74) is 1.27. The van der Waals surface area contributed by atoms with Crippen LogP contribution in [0.25, 0.3) is 0 Å². The van der Waals surface area contributed by atoms with Gasteiger partial charge in [0, 0.05) is 38.2 Å². The van der Waals surface area contributed by atoms with E-state index in [-0.39, 0.29) is 11.7 Å². The molecule has 1 aromatic rings. The molecule has 0 saturated carbocycles. The number of carbonyl (C=O) groups is 1. The molecule has 0 amide bonds. The molecule has 1 unspecified atom stereocenters. The molecule has 0 bridgehead atoms. The number of ketones is 1. The monoisotopic (exact) mass is 235 g/mol. The van der Waals surface area contributed by atoms with Crippen LogP contribution >= 0.6 is 0 Å². The molecule has 4 heteroatoms. The molecule has 1 aromatic heterocycles. The predicted octanol–water partition coefficient (Wildman–Crippen LogP) is 1.80. The molecule has 2 heterocycles. The number of aromatic nitrogens is 2. The number of hydrogen-bond donors (Lipinski definition) is 0. The van der Waals surface area contributed by atoms with E-state index in [0.717, 1.165) is 31.9 Å². The van der Waals surface area contributed by atoms with Crippen molar-refractivity contribution in [2.45, 2.75) is 45.7 Å². The number of rotatable bonds is 4. The van der Waals surface area contributed by atoms with Crippen molar-refractivity contribution >= 4 is 5.78 Å². The van der Waals surface area contributed by atoms with E-state index in [1.807, 2.05) is 6.20 Å². The van der Waals surface area contributed by atoms with Gasteiger partial charge in [-0.05, 0) is 20.4 Å². The highest BCUT2D eigenvalue weighted by molar-refractivity contribution is 5.76. The van der Waals surface area contributed by atoms with Gasteiger partial charge in [0.25, 0.3) is 0 Å². The third-order valence-corrected chi connectivity index (χ3v) is 3.50. The molecule has 0 fully saturated rings. The van der Waals surface area contributed by atoms with E-state index in [2.05, 4.69) is 28.4 Å². The predicted molar refractivity (Wildman–Crippen MR) is 66.9 cm³/mol. The molecular formula is C13H21N3O. The average Bonchev–Trinajstić information content (AvgIpc) is 2.68. The summed E-state index contributed by atoms with van der Waals surface area (Å²) in [6, 6.07) is 0. The minimum Gasteiger partial charge on any atom is -0.329 e. The Bertz CT molecular complexity index is 411. The zero-order chi connectivity index (χ0) is 12.4. The van der Waals surface area contributed by atoms with Gasteiger partial charge in [0.15, 0.2) is 0 Å². The van der Waals surface area contributed by atoms with Crippen LogP contribution in [0.3, 0.4) is 0 Å². The van der Waals surface area contributed by atoms with Crippen LogP contribution in [0, 0.1) is 0 Å². The van der Waals surface area contributed by atoms with Gasteiger partial charge in [-0.1, -0.05) is 6.92 Å². The van der Waals surface area contributed by atoms with Crippen LogP contribution in [0.15, 0.2) is 6.20 Å². The Morgan fingerprint density at radius 2 is 2.29 bits per heavy atom. The first-order valence-electron chi connectivity index (χ1n) is 6.34. The third-order valence-electron chi connectivity index (χ3n) is 3.50. The summed E-state index contributed by atoms with van der Waals surface area (Å²) >= 11 is 0. The van der Waals surface area contributed by atoms with Crippen LogP contribution in [0.1, 0.15) is 44.1 Å². The number of carbonyl (C=O) groups excluding carboxylic acids is 1. The van der Waals surface area contributed by atoms with Crippen LogP contribution in [-0.2, 0) is 17.9 Å². The smallest absolute Gasteiger partial charge is 0.130 e. The molecule has 1 aliphatic rings. The second kappa shape index (κ2) is 5.00. The SMILES string of the molecule is CCC(CC(C)=O)c1ncc2n1CCN(C)C2. The zero-order valence-electron chi connectivity index (χ0n) is 10.9. The molecule has 94 valence electrons. The maximum Gasteiger partial charge on any atom is 0.130 e. The van der Waals surface area contributed by atoms with E-state index in [4.69, 9.17) is 0 Å². The van der Waals surface area contributed by atoms with Crippen LogP contribution in [-0.4, -0.2) is 33.8 Å². The van der Waals surface area contributed by atoms with Crippen molar-refractivity contribution in [3.63, 3.8) is 0 Å². The Morgan fingerprint density at radius 3 is 2.94 bits per heavy atom. The number of imidazole rings is 1. The minimum absolute atomic E-state index is 0.252. The van der Waals surface area contributed by atoms with E-state index >= 15 is 0 Å². The molecule has 0 aromatic carbocycles. The van der Waals surface area contributed by atoms with Gasteiger partial charge in [0.2, 0.25) is 0 Å². The van der Waals surface area contributed by atoms with Gasteiger partial charge in [0.1, 0.15) is 11.6 Å². The van der Waals surface area contributed by atoms with Gasteiger partial charge < -0.3 is 9.36 Å². The Labute approximate surface area is 103 Å². The lowest BCUT2D eigenvalue weighted by molar-refractivity contribution is -0.117. The van der Waals surface area contributed by atoms with Crippen molar-refractivity contribution in [2.75, 3.05) is 13.6 Å². The van der Waals surface area contributed by atoms with Crippen LogP contribution in [0.2, 0.25) is 0 Å². The number of Topliss-reactive ketones (excluding diaryl/α,β-unsaturated/α-hetero) is 1. The van der Waals surface area contributed by atoms with Gasteiger partial charge in [-0.2, -0.15) is 0 Å².